The van der Waals surface area contributed by atoms with E-state index < -0.39 is 6.29 Å². The van der Waals surface area contributed by atoms with E-state index >= 15 is 0 Å². The quantitative estimate of drug-likeness (QED) is 0.353. The maximum absolute atomic E-state index is 10.8. The zero-order valence-corrected chi connectivity index (χ0v) is 10.7. The van der Waals surface area contributed by atoms with Crippen LogP contribution in [0.2, 0.25) is 0 Å². The zero-order valence-electron chi connectivity index (χ0n) is 10.7. The van der Waals surface area contributed by atoms with Crippen molar-refractivity contribution in [2.75, 3.05) is 6.61 Å². The van der Waals surface area contributed by atoms with E-state index in [4.69, 9.17) is 19.2 Å². The summed E-state index contributed by atoms with van der Waals surface area (Å²) < 4.78 is 10.4. The summed E-state index contributed by atoms with van der Waals surface area (Å²) >= 11 is 0. The first-order chi connectivity index (χ1) is 9.15. The third kappa shape index (κ3) is 4.08. The molecule has 2 atom stereocenters. The molecule has 0 radical (unpaired) electrons. The normalized spacial score (nSPS) is 22.3. The molecule has 2 unspecified atom stereocenters. The summed E-state index contributed by atoms with van der Waals surface area (Å²) in [4.78, 5) is 21.0. The largest absolute Gasteiger partial charge is 0.436 e. The Kier molecular flexibility index (Phi) is 4.54. The van der Waals surface area contributed by atoms with Crippen molar-refractivity contribution in [3.8, 4) is 5.75 Å². The van der Waals surface area contributed by atoms with Gasteiger partial charge in [0.25, 0.3) is 0 Å². The number of ether oxygens (including phenoxy) is 2. The summed E-state index contributed by atoms with van der Waals surface area (Å²) in [7, 11) is 0. The highest BCUT2D eigenvalue weighted by Gasteiger charge is 2.31. The molecule has 0 spiro atoms. The fraction of sp³-hybridized carbons (Fsp3) is 0.357. The summed E-state index contributed by atoms with van der Waals surface area (Å²) in [5.74, 6) is 0.238. The van der Waals surface area contributed by atoms with E-state index in [0.29, 0.717) is 12.2 Å². The van der Waals surface area contributed by atoms with Gasteiger partial charge in [0, 0.05) is 13.3 Å². The van der Waals surface area contributed by atoms with E-state index in [9.17, 15) is 4.79 Å². The number of carbonyl (C=O) groups is 1. The van der Waals surface area contributed by atoms with Crippen molar-refractivity contribution in [3.05, 3.63) is 42.5 Å². The molecule has 5 nitrogen and oxygen atoms in total. The molecule has 1 saturated heterocycles. The van der Waals surface area contributed by atoms with Gasteiger partial charge < -0.3 is 14.4 Å². The second-order valence-electron chi connectivity index (χ2n) is 4.21. The minimum Gasteiger partial charge on any atom is -0.436 e. The fourth-order valence-corrected chi connectivity index (χ4v) is 1.72. The van der Waals surface area contributed by atoms with Crippen LogP contribution in [0, 0.1) is 0 Å². The molecule has 0 aliphatic carbocycles. The van der Waals surface area contributed by atoms with Gasteiger partial charge in [-0.15, -0.1) is 0 Å². The van der Waals surface area contributed by atoms with Crippen molar-refractivity contribution in [2.45, 2.75) is 25.7 Å². The van der Waals surface area contributed by atoms with Crippen molar-refractivity contribution in [1.29, 1.82) is 0 Å². The van der Waals surface area contributed by atoms with Gasteiger partial charge >= 0.3 is 5.97 Å². The highest BCUT2D eigenvalue weighted by Crippen LogP contribution is 2.25. The fourth-order valence-electron chi connectivity index (χ4n) is 1.72. The van der Waals surface area contributed by atoms with Gasteiger partial charge in [-0.2, -0.15) is 4.89 Å². The van der Waals surface area contributed by atoms with Crippen LogP contribution in [0.5, 0.6) is 5.75 Å². The average molecular weight is 264 g/mol. The molecule has 1 aromatic carbocycles. The Morgan fingerprint density at radius 3 is 2.84 bits per heavy atom. The minimum atomic E-state index is -0.574. The van der Waals surface area contributed by atoms with E-state index in [1.807, 2.05) is 18.2 Å². The van der Waals surface area contributed by atoms with Gasteiger partial charge in [0.05, 0.1) is 0 Å². The Hall–Kier alpha value is -1.85. The molecule has 1 aliphatic rings. The number of hydrogen-bond acceptors (Lipinski definition) is 5. The van der Waals surface area contributed by atoms with Crippen LogP contribution in [0.4, 0.5) is 0 Å². The van der Waals surface area contributed by atoms with Crippen molar-refractivity contribution < 1.29 is 24.0 Å². The molecule has 19 heavy (non-hydrogen) atoms. The summed E-state index contributed by atoms with van der Waals surface area (Å²) in [6, 6.07) is 9.15. The Morgan fingerprint density at radius 2 is 2.16 bits per heavy atom. The van der Waals surface area contributed by atoms with Crippen LogP contribution in [0.3, 0.4) is 0 Å². The van der Waals surface area contributed by atoms with Gasteiger partial charge in [-0.25, -0.2) is 0 Å². The molecule has 1 heterocycles. The lowest BCUT2D eigenvalue weighted by atomic mass is 10.1. The zero-order chi connectivity index (χ0) is 13.7. The van der Waals surface area contributed by atoms with Crippen LogP contribution in [0.25, 0.3) is 0 Å². The van der Waals surface area contributed by atoms with E-state index in [0.717, 1.165) is 5.57 Å². The van der Waals surface area contributed by atoms with Crippen molar-refractivity contribution in [2.24, 2.45) is 0 Å². The summed E-state index contributed by atoms with van der Waals surface area (Å²) in [6.45, 7) is 5.41. The molecule has 102 valence electrons. The van der Waals surface area contributed by atoms with Crippen molar-refractivity contribution >= 4 is 5.97 Å². The van der Waals surface area contributed by atoms with Crippen molar-refractivity contribution in [1.82, 2.24) is 0 Å². The summed E-state index contributed by atoms with van der Waals surface area (Å²) in [6.07, 6.45) is -0.415. The van der Waals surface area contributed by atoms with Crippen LogP contribution in [-0.4, -0.2) is 25.0 Å². The standard InChI is InChI=1S/C14H16O5/c1-10-8-14(17-11(2)15)18-13(10)9-16-19-12-6-4-3-5-7-12/h3-7,13-14H,1,8-9H2,2H3. The molecule has 1 aromatic rings. The highest BCUT2D eigenvalue weighted by molar-refractivity contribution is 5.66. The highest BCUT2D eigenvalue weighted by atomic mass is 17.2. The third-order valence-electron chi connectivity index (χ3n) is 2.62. The Labute approximate surface area is 111 Å². The Balaban J connectivity index is 1.74. The van der Waals surface area contributed by atoms with Crippen LogP contribution in [0.1, 0.15) is 13.3 Å². The lowest BCUT2D eigenvalue weighted by molar-refractivity contribution is -0.233. The summed E-state index contributed by atoms with van der Waals surface area (Å²) in [5.41, 5.74) is 0.822. The molecular formula is C14H16O5. The molecule has 0 aromatic heterocycles. The molecule has 1 aliphatic heterocycles. The average Bonchev–Trinajstić information content (AvgIpc) is 2.70. The van der Waals surface area contributed by atoms with E-state index in [1.165, 1.54) is 6.92 Å². The third-order valence-corrected chi connectivity index (χ3v) is 2.62. The topological polar surface area (TPSA) is 54.0 Å². The van der Waals surface area contributed by atoms with Gasteiger partial charge in [-0.3, -0.25) is 4.79 Å². The van der Waals surface area contributed by atoms with E-state index in [2.05, 4.69) is 6.58 Å². The molecule has 1 fully saturated rings. The molecule has 2 rings (SSSR count). The number of hydrogen-bond donors (Lipinski definition) is 0. The number of esters is 1. The molecule has 5 heteroatoms. The van der Waals surface area contributed by atoms with Crippen LogP contribution < -0.4 is 4.89 Å². The van der Waals surface area contributed by atoms with Crippen LogP contribution in [0.15, 0.2) is 42.5 Å². The molecular weight excluding hydrogens is 248 g/mol. The Morgan fingerprint density at radius 1 is 1.42 bits per heavy atom. The lowest BCUT2D eigenvalue weighted by Gasteiger charge is -2.13. The van der Waals surface area contributed by atoms with E-state index in [1.54, 1.807) is 12.1 Å². The molecule has 0 amide bonds. The van der Waals surface area contributed by atoms with Crippen LogP contribution in [-0.2, 0) is 19.2 Å². The second-order valence-corrected chi connectivity index (χ2v) is 4.21. The molecule has 0 N–H and O–H groups in total. The van der Waals surface area contributed by atoms with Gasteiger partial charge in [-0.05, 0) is 17.7 Å². The van der Waals surface area contributed by atoms with Gasteiger partial charge in [0.1, 0.15) is 12.7 Å². The number of carbonyl (C=O) groups excluding carboxylic acids is 1. The minimum absolute atomic E-state index is 0.200. The number of rotatable bonds is 5. The van der Waals surface area contributed by atoms with Gasteiger partial charge in [-0.1, -0.05) is 24.8 Å². The molecule has 0 saturated carbocycles. The van der Waals surface area contributed by atoms with Crippen LogP contribution >= 0.6 is 0 Å². The molecule has 0 bridgehead atoms. The maximum Gasteiger partial charge on any atom is 0.304 e. The first-order valence-electron chi connectivity index (χ1n) is 6.00. The SMILES string of the molecule is C=C1CC(OC(C)=O)OC1COOc1ccccc1. The second kappa shape index (κ2) is 6.36. The maximum atomic E-state index is 10.8. The predicted octanol–water partition coefficient (Wildman–Crippen LogP) is 2.23. The predicted molar refractivity (Wildman–Crippen MR) is 67.2 cm³/mol. The van der Waals surface area contributed by atoms with E-state index in [-0.39, 0.29) is 18.7 Å². The number of benzene rings is 1. The number of para-hydroxylation sites is 1. The van der Waals surface area contributed by atoms with Crippen molar-refractivity contribution in [3.63, 3.8) is 0 Å². The van der Waals surface area contributed by atoms with Gasteiger partial charge in [0.2, 0.25) is 6.29 Å². The smallest absolute Gasteiger partial charge is 0.304 e. The summed E-state index contributed by atoms with van der Waals surface area (Å²) in [5, 5.41) is 0. The first-order valence-corrected chi connectivity index (χ1v) is 6.00. The monoisotopic (exact) mass is 264 g/mol. The lowest BCUT2D eigenvalue weighted by Crippen LogP contribution is -2.21. The van der Waals surface area contributed by atoms with Gasteiger partial charge in [0.15, 0.2) is 5.75 Å². The first kappa shape index (κ1) is 13.6. The Bertz CT molecular complexity index is 442.